The Morgan fingerprint density at radius 2 is 1.98 bits per heavy atom. The SMILES string of the molecule is C=CC(=O)N1CCC2(CC1)Nc1c(c(OCC3CCCN3C)nc3c(F)c(-c4cc(O)cc5ccccc45)c(Cl)cc13)NC2=O. The molecule has 0 radical (unpaired) electrons. The van der Waals surface area contributed by atoms with Crippen LogP contribution in [0.3, 0.4) is 0 Å². The van der Waals surface area contributed by atoms with Gasteiger partial charge >= 0.3 is 0 Å². The Morgan fingerprint density at radius 1 is 1.20 bits per heavy atom. The van der Waals surface area contributed by atoms with Crippen LogP contribution in [-0.4, -0.2) is 76.6 Å². The second kappa shape index (κ2) is 11.2. The van der Waals surface area contributed by atoms with Crippen molar-refractivity contribution in [3.05, 3.63) is 66.0 Å². The largest absolute Gasteiger partial charge is 0.508 e. The zero-order valence-electron chi connectivity index (χ0n) is 24.8. The minimum absolute atomic E-state index is 0.0185. The Kier molecular flexibility index (Phi) is 7.29. The maximum atomic E-state index is 16.9. The number of benzene rings is 3. The minimum Gasteiger partial charge on any atom is -0.508 e. The van der Waals surface area contributed by atoms with Crippen molar-refractivity contribution in [2.24, 2.45) is 0 Å². The highest BCUT2D eigenvalue weighted by Crippen LogP contribution is 2.48. The van der Waals surface area contributed by atoms with E-state index in [9.17, 15) is 14.7 Å². The van der Waals surface area contributed by atoms with Gasteiger partial charge in [0.1, 0.15) is 29.1 Å². The van der Waals surface area contributed by atoms with Gasteiger partial charge in [0.15, 0.2) is 5.82 Å². The van der Waals surface area contributed by atoms with Crippen molar-refractivity contribution < 1.29 is 23.8 Å². The second-order valence-electron chi connectivity index (χ2n) is 12.1. The number of carbonyl (C=O) groups excluding carboxylic acids is 2. The first-order chi connectivity index (χ1) is 21.7. The molecule has 4 aromatic rings. The number of piperidine rings is 1. The van der Waals surface area contributed by atoms with Crippen molar-refractivity contribution in [1.29, 1.82) is 0 Å². The van der Waals surface area contributed by atoms with Gasteiger partial charge in [0.25, 0.3) is 0 Å². The molecule has 1 aromatic heterocycles. The Labute approximate surface area is 264 Å². The van der Waals surface area contributed by atoms with Gasteiger partial charge in [-0.15, -0.1) is 0 Å². The lowest BCUT2D eigenvalue weighted by molar-refractivity contribution is -0.130. The van der Waals surface area contributed by atoms with Crippen LogP contribution in [0, 0.1) is 5.82 Å². The Bertz CT molecular complexity index is 1890. The van der Waals surface area contributed by atoms with Crippen LogP contribution < -0.4 is 15.4 Å². The van der Waals surface area contributed by atoms with E-state index in [1.807, 2.05) is 31.3 Å². The fourth-order valence-corrected chi connectivity index (χ4v) is 7.18. The van der Waals surface area contributed by atoms with E-state index >= 15 is 4.39 Å². The molecule has 1 atom stereocenters. The van der Waals surface area contributed by atoms with Gasteiger partial charge in [-0.3, -0.25) is 9.59 Å². The first-order valence-corrected chi connectivity index (χ1v) is 15.5. The number of hydrogen-bond acceptors (Lipinski definition) is 7. The number of nitrogens with zero attached hydrogens (tertiary/aromatic N) is 3. The molecule has 0 bridgehead atoms. The number of hydrogen-bond donors (Lipinski definition) is 3. The first-order valence-electron chi connectivity index (χ1n) is 15.1. The van der Waals surface area contributed by atoms with Crippen LogP contribution in [0.5, 0.6) is 11.6 Å². The topological polar surface area (TPSA) is 107 Å². The number of anilines is 2. The maximum Gasteiger partial charge on any atom is 0.250 e. The normalized spacial score (nSPS) is 19.4. The highest BCUT2D eigenvalue weighted by Gasteiger charge is 2.46. The summed E-state index contributed by atoms with van der Waals surface area (Å²) in [6, 6.07) is 12.3. The summed E-state index contributed by atoms with van der Waals surface area (Å²) in [7, 11) is 2.04. The fraction of sp³-hybridized carbons (Fsp3) is 0.324. The molecule has 2 saturated heterocycles. The summed E-state index contributed by atoms with van der Waals surface area (Å²) in [5, 5.41) is 18.9. The monoisotopic (exact) mass is 629 g/mol. The number of fused-ring (bicyclic) bond motifs is 4. The highest BCUT2D eigenvalue weighted by molar-refractivity contribution is 6.35. The van der Waals surface area contributed by atoms with Crippen molar-refractivity contribution >= 4 is 56.5 Å². The molecule has 3 aliphatic rings. The average Bonchev–Trinajstić information content (AvgIpc) is 3.45. The Hall–Kier alpha value is -4.41. The standard InChI is InChI=1S/C34H33ClFN5O4/c1-3-26(43)41-13-10-34(11-14-41)33(44)38-31-30(39-34)24-17-25(35)27(23-16-21(42)15-19-7-4-5-9-22(19)23)28(36)29(24)37-32(31)45-18-20-8-6-12-40(20)2/h3-5,7,9,15-17,20,39,42H,1,6,8,10-14,18H2,2H3,(H,38,44). The summed E-state index contributed by atoms with van der Waals surface area (Å²) < 4.78 is 23.1. The number of likely N-dealkylation sites (tertiary alicyclic amines) is 2. The molecule has 11 heteroatoms. The number of halogens is 2. The predicted molar refractivity (Wildman–Crippen MR) is 173 cm³/mol. The quantitative estimate of drug-likeness (QED) is 0.235. The zero-order valence-corrected chi connectivity index (χ0v) is 25.6. The molecule has 7 rings (SSSR count). The van der Waals surface area contributed by atoms with Gasteiger partial charge in [-0.2, -0.15) is 0 Å². The van der Waals surface area contributed by atoms with E-state index in [0.717, 1.165) is 30.2 Å². The number of rotatable bonds is 5. The van der Waals surface area contributed by atoms with Crippen LogP contribution in [0.15, 0.2) is 55.1 Å². The van der Waals surface area contributed by atoms with Crippen LogP contribution in [0.1, 0.15) is 25.7 Å². The summed E-state index contributed by atoms with van der Waals surface area (Å²) in [6.45, 7) is 5.55. The fourth-order valence-electron chi connectivity index (χ4n) is 6.89. The summed E-state index contributed by atoms with van der Waals surface area (Å²) in [5.41, 5.74) is 0.317. The van der Waals surface area contributed by atoms with E-state index in [1.54, 1.807) is 17.0 Å². The first kappa shape index (κ1) is 29.3. The number of phenols is 1. The lowest BCUT2D eigenvalue weighted by atomic mass is 9.84. The zero-order chi connectivity index (χ0) is 31.5. The van der Waals surface area contributed by atoms with Crippen LogP contribution in [0.2, 0.25) is 5.02 Å². The molecule has 45 heavy (non-hydrogen) atoms. The molecule has 3 aliphatic heterocycles. The van der Waals surface area contributed by atoms with E-state index in [2.05, 4.69) is 27.1 Å². The maximum absolute atomic E-state index is 16.9. The molecule has 1 spiro atoms. The summed E-state index contributed by atoms with van der Waals surface area (Å²) in [4.78, 5) is 34.5. The highest BCUT2D eigenvalue weighted by atomic mass is 35.5. The van der Waals surface area contributed by atoms with Crippen LogP contribution in [0.4, 0.5) is 15.8 Å². The Morgan fingerprint density at radius 3 is 2.71 bits per heavy atom. The lowest BCUT2D eigenvalue weighted by Crippen LogP contribution is -2.59. The van der Waals surface area contributed by atoms with Gasteiger partial charge in [-0.05, 0) is 79.9 Å². The van der Waals surface area contributed by atoms with Gasteiger partial charge in [0.2, 0.25) is 17.7 Å². The van der Waals surface area contributed by atoms with E-state index < -0.39 is 11.4 Å². The second-order valence-corrected chi connectivity index (χ2v) is 12.5. The van der Waals surface area contributed by atoms with Crippen LogP contribution >= 0.6 is 11.6 Å². The molecular formula is C34H33ClFN5O4. The number of likely N-dealkylation sites (N-methyl/N-ethyl adjacent to an activating group) is 1. The predicted octanol–water partition coefficient (Wildman–Crippen LogP) is 5.94. The number of phenolic OH excluding ortho intramolecular Hbond substituents is 1. The third-order valence-corrected chi connectivity index (χ3v) is 9.78. The van der Waals surface area contributed by atoms with E-state index in [4.69, 9.17) is 16.3 Å². The number of pyridine rings is 1. The third-order valence-electron chi connectivity index (χ3n) is 9.48. The number of amides is 2. The number of carbonyl (C=O) groups is 2. The van der Waals surface area contributed by atoms with Gasteiger partial charge < -0.3 is 30.3 Å². The number of aromatic hydroxyl groups is 1. The molecule has 0 saturated carbocycles. The summed E-state index contributed by atoms with van der Waals surface area (Å²) in [6.07, 6.45) is 3.96. The number of ether oxygens (including phenoxy) is 1. The molecule has 232 valence electrons. The van der Waals surface area contributed by atoms with Gasteiger partial charge in [-0.25, -0.2) is 9.37 Å². The molecule has 9 nitrogen and oxygen atoms in total. The minimum atomic E-state index is -1.04. The van der Waals surface area contributed by atoms with E-state index in [1.165, 1.54) is 12.1 Å². The Balaban J connectivity index is 1.38. The molecular weight excluding hydrogens is 597 g/mol. The molecule has 2 amide bonds. The summed E-state index contributed by atoms with van der Waals surface area (Å²) in [5.74, 6) is -1.03. The van der Waals surface area contributed by atoms with Crippen molar-refractivity contribution in [1.82, 2.24) is 14.8 Å². The van der Waals surface area contributed by atoms with Gasteiger partial charge in [-0.1, -0.05) is 42.4 Å². The molecule has 2 fully saturated rings. The van der Waals surface area contributed by atoms with Crippen LogP contribution in [0.25, 0.3) is 32.8 Å². The van der Waals surface area contributed by atoms with Crippen molar-refractivity contribution in [3.8, 4) is 22.8 Å². The van der Waals surface area contributed by atoms with E-state index in [-0.39, 0.29) is 45.6 Å². The molecule has 4 heterocycles. The van der Waals surface area contributed by atoms with Crippen LogP contribution in [-0.2, 0) is 9.59 Å². The van der Waals surface area contributed by atoms with Crippen molar-refractivity contribution in [2.45, 2.75) is 37.3 Å². The third kappa shape index (κ3) is 4.92. The molecule has 3 N–H and O–H groups in total. The van der Waals surface area contributed by atoms with Gasteiger partial charge in [0, 0.05) is 30.1 Å². The van der Waals surface area contributed by atoms with Crippen molar-refractivity contribution in [3.63, 3.8) is 0 Å². The molecule has 3 aromatic carbocycles. The molecule has 1 unspecified atom stereocenters. The smallest absolute Gasteiger partial charge is 0.250 e. The number of aromatic nitrogens is 1. The van der Waals surface area contributed by atoms with Gasteiger partial charge in [0.05, 0.1) is 10.7 Å². The van der Waals surface area contributed by atoms with E-state index in [0.29, 0.717) is 54.9 Å². The molecule has 0 aliphatic carbocycles. The number of nitrogens with one attached hydrogen (secondary N) is 2. The van der Waals surface area contributed by atoms with Crippen molar-refractivity contribution in [2.75, 3.05) is 43.9 Å². The average molecular weight is 630 g/mol. The summed E-state index contributed by atoms with van der Waals surface area (Å²) >= 11 is 6.86. The lowest BCUT2D eigenvalue weighted by Gasteiger charge is -2.44.